The minimum Gasteiger partial charge on any atom is -0.322 e. The van der Waals surface area contributed by atoms with Gasteiger partial charge in [0.2, 0.25) is 0 Å². The second kappa shape index (κ2) is 9.67. The average molecular weight is 443 g/mol. The van der Waals surface area contributed by atoms with E-state index in [0.717, 1.165) is 48.1 Å². The van der Waals surface area contributed by atoms with Crippen LogP contribution in [0.3, 0.4) is 0 Å². The molecule has 7 nitrogen and oxygen atoms in total. The van der Waals surface area contributed by atoms with Crippen molar-refractivity contribution in [2.24, 2.45) is 0 Å². The predicted octanol–water partition coefficient (Wildman–Crippen LogP) is 4.01. The molecule has 0 bridgehead atoms. The maximum Gasteiger partial charge on any atom is 0.252 e. The number of H-pyrrole nitrogens is 1. The lowest BCUT2D eigenvalue weighted by atomic mass is 10.1. The van der Waals surface area contributed by atoms with Crippen LogP contribution in [-0.4, -0.2) is 36.1 Å². The fourth-order valence-electron chi connectivity index (χ4n) is 4.86. The van der Waals surface area contributed by atoms with Crippen LogP contribution in [0.25, 0.3) is 10.9 Å². The summed E-state index contributed by atoms with van der Waals surface area (Å²) in [4.78, 5) is 18.3. The van der Waals surface area contributed by atoms with Crippen LogP contribution in [0.5, 0.6) is 0 Å². The van der Waals surface area contributed by atoms with E-state index in [4.69, 9.17) is 0 Å². The summed E-state index contributed by atoms with van der Waals surface area (Å²) in [6.45, 7) is 4.04. The van der Waals surface area contributed by atoms with E-state index >= 15 is 0 Å². The maximum atomic E-state index is 12.9. The highest BCUT2D eigenvalue weighted by Gasteiger charge is 2.25. The summed E-state index contributed by atoms with van der Waals surface area (Å²) >= 11 is 0. The van der Waals surface area contributed by atoms with Crippen LogP contribution in [0.15, 0.2) is 59.4 Å². The molecule has 2 aromatic heterocycles. The van der Waals surface area contributed by atoms with Gasteiger partial charge in [-0.25, -0.2) is 4.68 Å². The number of nitrogens with zero attached hydrogens (tertiary/aromatic N) is 5. The van der Waals surface area contributed by atoms with E-state index in [9.17, 15) is 4.79 Å². The molecule has 0 unspecified atom stereocenters. The van der Waals surface area contributed by atoms with Crippen molar-refractivity contribution < 1.29 is 0 Å². The number of fused-ring (bicyclic) bond motifs is 1. The van der Waals surface area contributed by atoms with E-state index in [2.05, 4.69) is 62.7 Å². The highest BCUT2D eigenvalue weighted by Crippen LogP contribution is 2.26. The minimum absolute atomic E-state index is 0.0157. The first-order valence-electron chi connectivity index (χ1n) is 11.8. The van der Waals surface area contributed by atoms with Gasteiger partial charge in [0.15, 0.2) is 5.82 Å². The van der Waals surface area contributed by atoms with Crippen LogP contribution in [-0.2, 0) is 26.1 Å². The van der Waals surface area contributed by atoms with Crippen LogP contribution in [0.1, 0.15) is 48.2 Å². The van der Waals surface area contributed by atoms with Crippen molar-refractivity contribution in [3.8, 4) is 0 Å². The lowest BCUT2D eigenvalue weighted by molar-refractivity contribution is 0.172. The average Bonchev–Trinajstić information content (AvgIpc) is 3.51. The molecule has 0 amide bonds. The summed E-state index contributed by atoms with van der Waals surface area (Å²) in [6, 6.07) is 19.0. The minimum atomic E-state index is -0.0157. The van der Waals surface area contributed by atoms with Crippen LogP contribution >= 0.6 is 0 Å². The van der Waals surface area contributed by atoms with Gasteiger partial charge in [-0.1, -0.05) is 54.8 Å². The lowest BCUT2D eigenvalue weighted by Gasteiger charge is -2.28. The number of nitrogens with one attached hydrogen (secondary N) is 1. The third-order valence-corrected chi connectivity index (χ3v) is 6.70. The molecule has 170 valence electrons. The standard InChI is InChI=1S/C26H30N6O/c1-19-11-12-24-21(15-19)16-22(26(33)27-24)17-31(23-9-5-6-10-23)18-25-28-29-30-32(25)14-13-20-7-3-2-4-8-20/h2-4,7-8,11-12,15-16,23H,5-6,9-10,13-14,17-18H2,1H3,(H,27,33). The molecule has 0 aliphatic heterocycles. The zero-order valence-electron chi connectivity index (χ0n) is 19.1. The fourth-order valence-corrected chi connectivity index (χ4v) is 4.86. The Hall–Kier alpha value is -3.32. The van der Waals surface area contributed by atoms with Crippen molar-refractivity contribution >= 4 is 10.9 Å². The number of hydrogen-bond donors (Lipinski definition) is 1. The summed E-state index contributed by atoms with van der Waals surface area (Å²) in [6.07, 6.45) is 5.64. The van der Waals surface area contributed by atoms with E-state index in [1.165, 1.54) is 24.0 Å². The van der Waals surface area contributed by atoms with Gasteiger partial charge in [0, 0.05) is 30.2 Å². The van der Waals surface area contributed by atoms with Gasteiger partial charge in [0.1, 0.15) is 0 Å². The van der Waals surface area contributed by atoms with Crippen LogP contribution in [0.2, 0.25) is 0 Å². The first-order valence-corrected chi connectivity index (χ1v) is 11.8. The Morgan fingerprint density at radius 3 is 2.70 bits per heavy atom. The number of tetrazole rings is 1. The van der Waals surface area contributed by atoms with Crippen molar-refractivity contribution in [1.82, 2.24) is 30.1 Å². The summed E-state index contributed by atoms with van der Waals surface area (Å²) in [7, 11) is 0. The van der Waals surface area contributed by atoms with E-state index in [-0.39, 0.29) is 5.56 Å². The molecule has 0 spiro atoms. The third kappa shape index (κ3) is 5.03. The monoisotopic (exact) mass is 442 g/mol. The molecule has 2 aromatic carbocycles. The lowest BCUT2D eigenvalue weighted by Crippen LogP contribution is -2.35. The van der Waals surface area contributed by atoms with Gasteiger partial charge in [0.05, 0.1) is 6.54 Å². The molecule has 2 heterocycles. The molecule has 33 heavy (non-hydrogen) atoms. The van der Waals surface area contributed by atoms with Crippen molar-refractivity contribution in [1.29, 1.82) is 0 Å². The van der Waals surface area contributed by atoms with E-state index in [1.807, 2.05) is 28.9 Å². The van der Waals surface area contributed by atoms with Gasteiger partial charge in [0.25, 0.3) is 5.56 Å². The van der Waals surface area contributed by atoms with Crippen molar-refractivity contribution in [3.63, 3.8) is 0 Å². The smallest absolute Gasteiger partial charge is 0.252 e. The van der Waals surface area contributed by atoms with Gasteiger partial charge < -0.3 is 4.98 Å². The first kappa shape index (κ1) is 21.5. The Kier molecular flexibility index (Phi) is 6.30. The normalized spacial score (nSPS) is 14.5. The molecule has 0 atom stereocenters. The maximum absolute atomic E-state index is 12.9. The number of aromatic amines is 1. The van der Waals surface area contributed by atoms with Crippen molar-refractivity contribution in [2.45, 2.75) is 64.7 Å². The number of aromatic nitrogens is 5. The molecule has 7 heteroatoms. The Labute approximate surface area is 193 Å². The van der Waals surface area contributed by atoms with Crippen LogP contribution in [0, 0.1) is 6.92 Å². The second-order valence-corrected chi connectivity index (χ2v) is 9.11. The van der Waals surface area contributed by atoms with Gasteiger partial charge in [-0.05, 0) is 65.8 Å². The Morgan fingerprint density at radius 2 is 1.88 bits per heavy atom. The van der Waals surface area contributed by atoms with Crippen LogP contribution in [0.4, 0.5) is 0 Å². The van der Waals surface area contributed by atoms with Crippen molar-refractivity contribution in [3.05, 3.63) is 87.5 Å². The molecular formula is C26H30N6O. The Morgan fingerprint density at radius 1 is 1.06 bits per heavy atom. The molecule has 1 aliphatic carbocycles. The number of pyridine rings is 1. The number of rotatable bonds is 8. The Balaban J connectivity index is 1.37. The van der Waals surface area contributed by atoms with E-state index in [0.29, 0.717) is 19.1 Å². The largest absolute Gasteiger partial charge is 0.322 e. The number of aryl methyl sites for hydroxylation is 3. The van der Waals surface area contributed by atoms with Crippen LogP contribution < -0.4 is 5.56 Å². The Bertz CT molecular complexity index is 1270. The predicted molar refractivity (Wildman–Crippen MR) is 129 cm³/mol. The highest BCUT2D eigenvalue weighted by molar-refractivity contribution is 5.79. The van der Waals surface area contributed by atoms with Gasteiger partial charge in [-0.3, -0.25) is 9.69 Å². The topological polar surface area (TPSA) is 79.7 Å². The summed E-state index contributed by atoms with van der Waals surface area (Å²) in [5.74, 6) is 0.853. The van der Waals surface area contributed by atoms with E-state index in [1.54, 1.807) is 0 Å². The molecule has 1 saturated carbocycles. The van der Waals surface area contributed by atoms with Crippen molar-refractivity contribution in [2.75, 3.05) is 0 Å². The SMILES string of the molecule is Cc1ccc2[nH]c(=O)c(CN(Cc3nnnn3CCc3ccccc3)C3CCCC3)cc2c1. The zero-order chi connectivity index (χ0) is 22.6. The molecule has 4 aromatic rings. The third-order valence-electron chi connectivity index (χ3n) is 6.70. The molecule has 1 fully saturated rings. The first-order chi connectivity index (χ1) is 16.2. The van der Waals surface area contributed by atoms with Gasteiger partial charge in [-0.15, -0.1) is 5.10 Å². The molecule has 0 radical (unpaired) electrons. The highest BCUT2D eigenvalue weighted by atomic mass is 16.1. The molecule has 0 saturated heterocycles. The molecular weight excluding hydrogens is 412 g/mol. The van der Waals surface area contributed by atoms with Gasteiger partial charge >= 0.3 is 0 Å². The number of hydrogen-bond acceptors (Lipinski definition) is 5. The molecule has 1 aliphatic rings. The van der Waals surface area contributed by atoms with E-state index < -0.39 is 0 Å². The number of benzene rings is 2. The second-order valence-electron chi connectivity index (χ2n) is 9.11. The fraction of sp³-hybridized carbons (Fsp3) is 0.385. The quantitative estimate of drug-likeness (QED) is 0.446. The van der Waals surface area contributed by atoms with Gasteiger partial charge in [-0.2, -0.15) is 0 Å². The summed E-state index contributed by atoms with van der Waals surface area (Å²) in [5, 5.41) is 13.6. The summed E-state index contributed by atoms with van der Waals surface area (Å²) < 4.78 is 1.91. The molecule has 1 N–H and O–H groups in total. The zero-order valence-corrected chi connectivity index (χ0v) is 19.1. The molecule has 5 rings (SSSR count). The summed E-state index contributed by atoms with van der Waals surface area (Å²) in [5.41, 5.74) is 4.11.